The van der Waals surface area contributed by atoms with Gasteiger partial charge in [0.15, 0.2) is 0 Å². The molecule has 1 aromatic carbocycles. The molecule has 0 aromatic heterocycles. The minimum Gasteiger partial charge on any atom is -0.383 e. The van der Waals surface area contributed by atoms with Gasteiger partial charge in [-0.15, -0.1) is 0 Å². The lowest BCUT2D eigenvalue weighted by Gasteiger charge is -2.04. The summed E-state index contributed by atoms with van der Waals surface area (Å²) in [4.78, 5) is 22.9. The predicted molar refractivity (Wildman–Crippen MR) is 83.4 cm³/mol. The smallest absolute Gasteiger partial charge is 0.244 e. The van der Waals surface area contributed by atoms with E-state index in [1.165, 1.54) is 12.2 Å². The summed E-state index contributed by atoms with van der Waals surface area (Å²) in [5.41, 5.74) is 0.629. The number of rotatable bonds is 7. The topological polar surface area (TPSA) is 67.4 Å². The van der Waals surface area contributed by atoms with E-state index in [1.54, 1.807) is 25.3 Å². The fourth-order valence-electron chi connectivity index (χ4n) is 1.39. The third-order valence-corrected chi connectivity index (χ3v) is 3.00. The summed E-state index contributed by atoms with van der Waals surface area (Å²) in [5, 5.41) is 6.06. The lowest BCUT2D eigenvalue weighted by molar-refractivity contribution is -0.124. The van der Waals surface area contributed by atoms with Crippen molar-refractivity contribution in [2.24, 2.45) is 0 Å². The van der Waals surface area contributed by atoms with Crippen molar-refractivity contribution >= 4 is 41.1 Å². The number of ether oxygens (including phenoxy) is 1. The maximum Gasteiger partial charge on any atom is 0.244 e. The number of methoxy groups -OCH3 is 1. The second-order valence-electron chi connectivity index (χ2n) is 4.06. The summed E-state index contributed by atoms with van der Waals surface area (Å²) in [6.07, 6.45) is 2.83. The first-order valence-corrected chi connectivity index (χ1v) is 6.95. The van der Waals surface area contributed by atoms with Gasteiger partial charge in [0, 0.05) is 29.8 Å². The van der Waals surface area contributed by atoms with Gasteiger partial charge in [0.05, 0.1) is 13.2 Å². The van der Waals surface area contributed by atoms with Gasteiger partial charge in [-0.1, -0.05) is 23.2 Å². The fourth-order valence-corrected chi connectivity index (χ4v) is 1.75. The highest BCUT2D eigenvalue weighted by atomic mass is 35.5. The molecule has 0 aliphatic heterocycles. The number of hydrogen-bond acceptors (Lipinski definition) is 3. The summed E-state index contributed by atoms with van der Waals surface area (Å²) in [6.45, 7) is 0.724. The van der Waals surface area contributed by atoms with Gasteiger partial charge in [-0.2, -0.15) is 0 Å². The molecule has 0 spiro atoms. The van der Waals surface area contributed by atoms with Crippen molar-refractivity contribution in [3.05, 3.63) is 39.9 Å². The van der Waals surface area contributed by atoms with Gasteiger partial charge < -0.3 is 15.4 Å². The van der Waals surface area contributed by atoms with Crippen LogP contribution in [0.2, 0.25) is 10.0 Å². The molecule has 0 radical (unpaired) electrons. The molecule has 0 aliphatic carbocycles. The number of benzene rings is 1. The van der Waals surface area contributed by atoms with E-state index < -0.39 is 5.91 Å². The molecule has 2 amide bonds. The average molecular weight is 331 g/mol. The molecule has 0 saturated carbocycles. The van der Waals surface area contributed by atoms with Gasteiger partial charge in [0.2, 0.25) is 11.8 Å². The van der Waals surface area contributed by atoms with Gasteiger partial charge in [0.25, 0.3) is 0 Å². The molecule has 7 heteroatoms. The first kappa shape index (κ1) is 17.5. The number of carbonyl (C=O) groups is 2. The van der Waals surface area contributed by atoms with Crippen molar-refractivity contribution < 1.29 is 14.3 Å². The Morgan fingerprint density at radius 1 is 1.29 bits per heavy atom. The first-order valence-electron chi connectivity index (χ1n) is 6.19. The molecule has 0 atom stereocenters. The van der Waals surface area contributed by atoms with Crippen LogP contribution >= 0.6 is 23.2 Å². The minimum atomic E-state index is -0.395. The van der Waals surface area contributed by atoms with Crippen LogP contribution in [0.25, 0.3) is 6.08 Å². The lowest BCUT2D eigenvalue weighted by atomic mass is 10.2. The largest absolute Gasteiger partial charge is 0.383 e. The summed E-state index contributed by atoms with van der Waals surface area (Å²) in [7, 11) is 1.54. The van der Waals surface area contributed by atoms with Crippen molar-refractivity contribution in [3.8, 4) is 0 Å². The summed E-state index contributed by atoms with van der Waals surface area (Å²) in [5.74, 6) is -0.678. The van der Waals surface area contributed by atoms with Crippen LogP contribution in [0.4, 0.5) is 0 Å². The number of amides is 2. The average Bonchev–Trinajstić information content (AvgIpc) is 2.46. The highest BCUT2D eigenvalue weighted by molar-refractivity contribution is 6.34. The molecular formula is C14H16Cl2N2O3. The Labute approximate surface area is 133 Å². The molecule has 0 heterocycles. The lowest BCUT2D eigenvalue weighted by Crippen LogP contribution is -2.37. The second kappa shape index (κ2) is 9.39. The van der Waals surface area contributed by atoms with Gasteiger partial charge in [-0.25, -0.2) is 0 Å². The van der Waals surface area contributed by atoms with Crippen molar-refractivity contribution in [2.75, 3.05) is 26.8 Å². The van der Waals surface area contributed by atoms with E-state index in [0.717, 1.165) is 0 Å². The van der Waals surface area contributed by atoms with E-state index >= 15 is 0 Å². The van der Waals surface area contributed by atoms with Gasteiger partial charge in [0.1, 0.15) is 0 Å². The number of hydrogen-bond donors (Lipinski definition) is 2. The quantitative estimate of drug-likeness (QED) is 0.592. The fraction of sp³-hybridized carbons (Fsp3) is 0.286. The minimum absolute atomic E-state index is 0.101. The van der Waals surface area contributed by atoms with Crippen LogP contribution in [0.15, 0.2) is 24.3 Å². The molecule has 114 valence electrons. The number of nitrogens with one attached hydrogen (secondary N) is 2. The van der Waals surface area contributed by atoms with Crippen LogP contribution in [-0.4, -0.2) is 38.6 Å². The van der Waals surface area contributed by atoms with E-state index in [2.05, 4.69) is 10.6 Å². The van der Waals surface area contributed by atoms with Crippen molar-refractivity contribution in [1.29, 1.82) is 0 Å². The van der Waals surface area contributed by atoms with E-state index in [-0.39, 0.29) is 12.5 Å². The molecule has 0 aliphatic rings. The molecular weight excluding hydrogens is 315 g/mol. The highest BCUT2D eigenvalue weighted by Crippen LogP contribution is 2.21. The van der Waals surface area contributed by atoms with Crippen LogP contribution in [0.3, 0.4) is 0 Å². The Bertz CT molecular complexity index is 533. The van der Waals surface area contributed by atoms with E-state index in [9.17, 15) is 9.59 Å². The van der Waals surface area contributed by atoms with E-state index in [4.69, 9.17) is 27.9 Å². The van der Waals surface area contributed by atoms with Crippen molar-refractivity contribution in [2.45, 2.75) is 0 Å². The zero-order valence-electron chi connectivity index (χ0n) is 11.5. The van der Waals surface area contributed by atoms with Crippen LogP contribution in [0.5, 0.6) is 0 Å². The molecule has 1 aromatic rings. The van der Waals surface area contributed by atoms with Crippen LogP contribution in [-0.2, 0) is 14.3 Å². The van der Waals surface area contributed by atoms with Gasteiger partial charge in [-0.3, -0.25) is 9.59 Å². The molecule has 0 fully saturated rings. The molecule has 0 saturated heterocycles. The summed E-state index contributed by atoms with van der Waals surface area (Å²) < 4.78 is 4.79. The highest BCUT2D eigenvalue weighted by Gasteiger charge is 2.03. The Morgan fingerprint density at radius 3 is 2.76 bits per heavy atom. The van der Waals surface area contributed by atoms with E-state index in [0.29, 0.717) is 28.8 Å². The van der Waals surface area contributed by atoms with Crippen molar-refractivity contribution in [1.82, 2.24) is 10.6 Å². The van der Waals surface area contributed by atoms with Crippen LogP contribution in [0, 0.1) is 0 Å². The Kier molecular flexibility index (Phi) is 7.82. The first-order chi connectivity index (χ1) is 10.0. The zero-order chi connectivity index (χ0) is 15.7. The summed E-state index contributed by atoms with van der Waals surface area (Å²) in [6, 6.07) is 4.95. The second-order valence-corrected chi connectivity index (χ2v) is 4.90. The Morgan fingerprint density at radius 2 is 2.05 bits per heavy atom. The molecule has 0 unspecified atom stereocenters. The molecule has 2 N–H and O–H groups in total. The standard InChI is InChI=1S/C14H16Cl2N2O3/c1-21-7-6-17-14(20)9-18-13(19)5-2-10-8-11(15)3-4-12(10)16/h2-5,8H,6-7,9H2,1H3,(H,17,20)(H,18,19)/b5-2+. The molecule has 1 rings (SSSR count). The Hall–Kier alpha value is -1.56. The monoisotopic (exact) mass is 330 g/mol. The zero-order valence-corrected chi connectivity index (χ0v) is 13.0. The Balaban J connectivity index is 2.41. The van der Waals surface area contributed by atoms with Crippen LogP contribution in [0.1, 0.15) is 5.56 Å². The number of halogens is 2. The maximum atomic E-state index is 11.6. The SMILES string of the molecule is COCCNC(=O)CNC(=O)/C=C/c1cc(Cl)ccc1Cl. The van der Waals surface area contributed by atoms with Gasteiger partial charge >= 0.3 is 0 Å². The molecule has 5 nitrogen and oxygen atoms in total. The molecule has 0 bridgehead atoms. The van der Waals surface area contributed by atoms with Crippen LogP contribution < -0.4 is 10.6 Å². The normalized spacial score (nSPS) is 10.6. The third kappa shape index (κ3) is 7.13. The predicted octanol–water partition coefficient (Wildman–Crippen LogP) is 1.89. The summed E-state index contributed by atoms with van der Waals surface area (Å²) >= 11 is 11.8. The van der Waals surface area contributed by atoms with Crippen molar-refractivity contribution in [3.63, 3.8) is 0 Å². The molecule has 21 heavy (non-hydrogen) atoms. The number of carbonyl (C=O) groups excluding carboxylic acids is 2. The maximum absolute atomic E-state index is 11.6. The van der Waals surface area contributed by atoms with Gasteiger partial charge in [-0.05, 0) is 29.8 Å². The third-order valence-electron chi connectivity index (χ3n) is 2.42. The van der Waals surface area contributed by atoms with E-state index in [1.807, 2.05) is 0 Å².